The molecule has 100 valence electrons. The number of piperidine rings is 1. The van der Waals surface area contributed by atoms with Crippen LogP contribution in [0, 0.1) is 17.8 Å². The molecular formula is C15H29NO. The molecule has 0 bridgehead atoms. The molecule has 0 radical (unpaired) electrons. The van der Waals surface area contributed by atoms with Gasteiger partial charge >= 0.3 is 0 Å². The van der Waals surface area contributed by atoms with Crippen molar-refractivity contribution in [1.29, 1.82) is 0 Å². The van der Waals surface area contributed by atoms with Gasteiger partial charge in [0.15, 0.2) is 0 Å². The quantitative estimate of drug-likeness (QED) is 0.816. The van der Waals surface area contributed by atoms with Crippen LogP contribution in [0.5, 0.6) is 0 Å². The van der Waals surface area contributed by atoms with Crippen LogP contribution in [0.25, 0.3) is 0 Å². The second-order valence-corrected chi connectivity index (χ2v) is 6.45. The SMILES string of the molecule is CC1CCC(C(C)C)C(OC2CCNCC2)C1. The van der Waals surface area contributed by atoms with Crippen LogP contribution in [0.2, 0.25) is 0 Å². The molecule has 2 heteroatoms. The minimum absolute atomic E-state index is 0.521. The Morgan fingerprint density at radius 1 is 1.06 bits per heavy atom. The van der Waals surface area contributed by atoms with Crippen LogP contribution in [0.4, 0.5) is 0 Å². The highest BCUT2D eigenvalue weighted by Gasteiger charge is 2.33. The second kappa shape index (κ2) is 6.19. The molecule has 1 heterocycles. The van der Waals surface area contributed by atoms with Gasteiger partial charge < -0.3 is 10.1 Å². The summed E-state index contributed by atoms with van der Waals surface area (Å²) in [6.45, 7) is 9.38. The summed E-state index contributed by atoms with van der Waals surface area (Å²) in [5.41, 5.74) is 0. The molecule has 0 aromatic carbocycles. The van der Waals surface area contributed by atoms with E-state index in [0.29, 0.717) is 12.2 Å². The monoisotopic (exact) mass is 239 g/mol. The van der Waals surface area contributed by atoms with Crippen molar-refractivity contribution < 1.29 is 4.74 Å². The Labute approximate surface area is 107 Å². The fraction of sp³-hybridized carbons (Fsp3) is 1.00. The van der Waals surface area contributed by atoms with Crippen molar-refractivity contribution in [3.05, 3.63) is 0 Å². The molecule has 1 N–H and O–H groups in total. The predicted molar refractivity (Wildman–Crippen MR) is 72.1 cm³/mol. The molecule has 0 spiro atoms. The standard InChI is InChI=1S/C15H29NO/c1-11(2)14-5-4-12(3)10-15(14)17-13-6-8-16-9-7-13/h11-16H,4-10H2,1-3H3. The average molecular weight is 239 g/mol. The predicted octanol–water partition coefficient (Wildman–Crippen LogP) is 3.22. The summed E-state index contributed by atoms with van der Waals surface area (Å²) in [6.07, 6.45) is 7.51. The van der Waals surface area contributed by atoms with Crippen molar-refractivity contribution in [1.82, 2.24) is 5.32 Å². The van der Waals surface area contributed by atoms with Gasteiger partial charge in [-0.25, -0.2) is 0 Å². The van der Waals surface area contributed by atoms with Crippen LogP contribution in [0.1, 0.15) is 52.9 Å². The number of hydrogen-bond donors (Lipinski definition) is 1. The van der Waals surface area contributed by atoms with E-state index in [1.54, 1.807) is 0 Å². The summed E-state index contributed by atoms with van der Waals surface area (Å²) >= 11 is 0. The summed E-state index contributed by atoms with van der Waals surface area (Å²) in [5, 5.41) is 3.41. The molecular weight excluding hydrogens is 210 g/mol. The van der Waals surface area contributed by atoms with E-state index in [2.05, 4.69) is 26.1 Å². The third-order valence-corrected chi connectivity index (χ3v) is 4.61. The number of hydrogen-bond acceptors (Lipinski definition) is 2. The highest BCUT2D eigenvalue weighted by molar-refractivity contribution is 4.83. The fourth-order valence-electron chi connectivity index (χ4n) is 3.45. The summed E-state index contributed by atoms with van der Waals surface area (Å²) < 4.78 is 6.44. The Bertz CT molecular complexity index is 223. The van der Waals surface area contributed by atoms with Crippen LogP contribution in [0.15, 0.2) is 0 Å². The average Bonchev–Trinajstić information content (AvgIpc) is 2.30. The van der Waals surface area contributed by atoms with E-state index < -0.39 is 0 Å². The molecule has 2 fully saturated rings. The maximum Gasteiger partial charge on any atom is 0.0612 e. The molecule has 1 saturated carbocycles. The van der Waals surface area contributed by atoms with Crippen LogP contribution < -0.4 is 5.32 Å². The van der Waals surface area contributed by atoms with Gasteiger partial charge in [0.05, 0.1) is 12.2 Å². The lowest BCUT2D eigenvalue weighted by Crippen LogP contribution is -2.40. The third kappa shape index (κ3) is 3.69. The van der Waals surface area contributed by atoms with E-state index >= 15 is 0 Å². The van der Waals surface area contributed by atoms with Crippen LogP contribution in [-0.2, 0) is 4.74 Å². The zero-order valence-corrected chi connectivity index (χ0v) is 11.7. The van der Waals surface area contributed by atoms with Gasteiger partial charge in [-0.05, 0) is 56.5 Å². The molecule has 2 rings (SSSR count). The first-order chi connectivity index (χ1) is 8.16. The normalized spacial score (nSPS) is 36.4. The Hall–Kier alpha value is -0.0800. The summed E-state index contributed by atoms with van der Waals surface area (Å²) in [5.74, 6) is 2.42. The molecule has 2 nitrogen and oxygen atoms in total. The zero-order valence-electron chi connectivity index (χ0n) is 11.7. The molecule has 1 aliphatic heterocycles. The van der Waals surface area contributed by atoms with Gasteiger partial charge in [-0.3, -0.25) is 0 Å². The first kappa shape index (κ1) is 13.4. The van der Waals surface area contributed by atoms with E-state index in [0.717, 1.165) is 30.8 Å². The van der Waals surface area contributed by atoms with Crippen molar-refractivity contribution >= 4 is 0 Å². The molecule has 1 aliphatic carbocycles. The van der Waals surface area contributed by atoms with Crippen molar-refractivity contribution in [2.24, 2.45) is 17.8 Å². The van der Waals surface area contributed by atoms with Crippen molar-refractivity contribution in [2.45, 2.75) is 65.1 Å². The van der Waals surface area contributed by atoms with E-state index in [4.69, 9.17) is 4.74 Å². The van der Waals surface area contributed by atoms with E-state index in [-0.39, 0.29) is 0 Å². The Morgan fingerprint density at radius 2 is 1.76 bits per heavy atom. The van der Waals surface area contributed by atoms with Crippen molar-refractivity contribution in [3.8, 4) is 0 Å². The lowest BCUT2D eigenvalue weighted by Gasteiger charge is -2.40. The fourth-order valence-corrected chi connectivity index (χ4v) is 3.45. The molecule has 1 saturated heterocycles. The first-order valence-electron chi connectivity index (χ1n) is 7.53. The van der Waals surface area contributed by atoms with Gasteiger partial charge in [0.1, 0.15) is 0 Å². The molecule has 17 heavy (non-hydrogen) atoms. The van der Waals surface area contributed by atoms with Gasteiger partial charge in [-0.1, -0.05) is 27.2 Å². The molecule has 0 aromatic heterocycles. The summed E-state index contributed by atoms with van der Waals surface area (Å²) in [4.78, 5) is 0. The Morgan fingerprint density at radius 3 is 2.41 bits per heavy atom. The second-order valence-electron chi connectivity index (χ2n) is 6.45. The first-order valence-corrected chi connectivity index (χ1v) is 7.53. The molecule has 0 aromatic rings. The van der Waals surface area contributed by atoms with Crippen molar-refractivity contribution in [3.63, 3.8) is 0 Å². The minimum Gasteiger partial charge on any atom is -0.375 e. The van der Waals surface area contributed by atoms with Crippen molar-refractivity contribution in [2.75, 3.05) is 13.1 Å². The van der Waals surface area contributed by atoms with E-state index in [1.807, 2.05) is 0 Å². The van der Waals surface area contributed by atoms with Gasteiger partial charge in [-0.2, -0.15) is 0 Å². The minimum atomic E-state index is 0.521. The topological polar surface area (TPSA) is 21.3 Å². The maximum absolute atomic E-state index is 6.44. The van der Waals surface area contributed by atoms with E-state index in [1.165, 1.54) is 32.1 Å². The van der Waals surface area contributed by atoms with Gasteiger partial charge in [0, 0.05) is 0 Å². The van der Waals surface area contributed by atoms with Gasteiger partial charge in [0.2, 0.25) is 0 Å². The van der Waals surface area contributed by atoms with E-state index in [9.17, 15) is 0 Å². The Kier molecular flexibility index (Phi) is 4.87. The summed E-state index contributed by atoms with van der Waals surface area (Å²) in [7, 11) is 0. The van der Waals surface area contributed by atoms with Crippen LogP contribution in [-0.4, -0.2) is 25.3 Å². The summed E-state index contributed by atoms with van der Waals surface area (Å²) in [6, 6.07) is 0. The third-order valence-electron chi connectivity index (χ3n) is 4.61. The lowest BCUT2D eigenvalue weighted by molar-refractivity contribution is -0.0883. The number of rotatable bonds is 3. The zero-order chi connectivity index (χ0) is 12.3. The van der Waals surface area contributed by atoms with Gasteiger partial charge in [0.25, 0.3) is 0 Å². The Balaban J connectivity index is 1.89. The molecule has 3 unspecified atom stereocenters. The lowest BCUT2D eigenvalue weighted by atomic mass is 9.75. The molecule has 0 amide bonds. The molecule has 2 aliphatic rings. The highest BCUT2D eigenvalue weighted by Crippen LogP contribution is 2.36. The highest BCUT2D eigenvalue weighted by atomic mass is 16.5. The van der Waals surface area contributed by atoms with Crippen LogP contribution >= 0.6 is 0 Å². The maximum atomic E-state index is 6.44. The smallest absolute Gasteiger partial charge is 0.0612 e. The van der Waals surface area contributed by atoms with Gasteiger partial charge in [-0.15, -0.1) is 0 Å². The number of ether oxygens (including phenoxy) is 1. The molecule has 3 atom stereocenters. The number of nitrogens with one attached hydrogen (secondary N) is 1. The largest absolute Gasteiger partial charge is 0.375 e. The van der Waals surface area contributed by atoms with Crippen LogP contribution in [0.3, 0.4) is 0 Å².